The van der Waals surface area contributed by atoms with E-state index in [1.54, 1.807) is 0 Å². The highest BCUT2D eigenvalue weighted by molar-refractivity contribution is 5.98. The lowest BCUT2D eigenvalue weighted by molar-refractivity contribution is -0.119. The molecule has 6 nitrogen and oxygen atoms in total. The minimum Gasteiger partial charge on any atom is -0.374 e. The highest BCUT2D eigenvalue weighted by Crippen LogP contribution is 2.55. The molecule has 3 aliphatic rings. The third-order valence-electron chi connectivity index (χ3n) is 8.56. The zero-order valence-electron chi connectivity index (χ0n) is 21.6. The van der Waals surface area contributed by atoms with Crippen LogP contribution in [0.2, 0.25) is 0 Å². The van der Waals surface area contributed by atoms with Crippen LogP contribution in [0.5, 0.6) is 0 Å². The van der Waals surface area contributed by atoms with Crippen molar-refractivity contribution >= 4 is 23.0 Å². The molecular weight excluding hydrogens is 436 g/mol. The van der Waals surface area contributed by atoms with Crippen LogP contribution in [-0.2, 0) is 4.79 Å². The molecule has 6 heteroatoms. The fraction of sp³-hybridized carbons (Fsp3) is 0.552. The lowest BCUT2D eigenvalue weighted by Crippen LogP contribution is -2.48. The first kappa shape index (κ1) is 24.1. The summed E-state index contributed by atoms with van der Waals surface area (Å²) < 4.78 is 0. The number of piperazine rings is 1. The number of aliphatic hydroxyl groups is 1. The number of para-hydroxylation sites is 1. The van der Waals surface area contributed by atoms with Gasteiger partial charge in [-0.1, -0.05) is 32.0 Å². The van der Waals surface area contributed by atoms with Crippen LogP contribution in [0.4, 0.5) is 17.1 Å². The molecule has 1 amide bonds. The number of benzene rings is 2. The predicted octanol–water partition coefficient (Wildman–Crippen LogP) is 4.64. The molecule has 0 spiro atoms. The summed E-state index contributed by atoms with van der Waals surface area (Å²) in [6, 6.07) is 15.2. The molecule has 2 aromatic carbocycles. The quantitative estimate of drug-likeness (QED) is 0.571. The monoisotopic (exact) mass is 476 g/mol. The molecule has 4 unspecified atom stereocenters. The van der Waals surface area contributed by atoms with Crippen LogP contribution >= 0.6 is 0 Å². The SMILES string of the molecule is CCC(CC)C(O)Nc1ccc(N2CCN(C3c4ccccc4N(C)C(=O)C4CC43)CC2)c(C)c1. The van der Waals surface area contributed by atoms with E-state index in [2.05, 4.69) is 72.3 Å². The highest BCUT2D eigenvalue weighted by atomic mass is 16.3. The van der Waals surface area contributed by atoms with Crippen molar-refractivity contribution in [1.29, 1.82) is 0 Å². The van der Waals surface area contributed by atoms with Gasteiger partial charge >= 0.3 is 0 Å². The number of aliphatic hydroxyl groups excluding tert-OH is 1. The van der Waals surface area contributed by atoms with E-state index in [0.29, 0.717) is 12.0 Å². The molecule has 2 aromatic rings. The largest absolute Gasteiger partial charge is 0.374 e. The lowest BCUT2D eigenvalue weighted by Gasteiger charge is -2.41. The van der Waals surface area contributed by atoms with Gasteiger partial charge in [0.2, 0.25) is 5.91 Å². The van der Waals surface area contributed by atoms with E-state index in [0.717, 1.165) is 56.8 Å². The Hall–Kier alpha value is -2.57. The number of nitrogens with one attached hydrogen (secondary N) is 1. The van der Waals surface area contributed by atoms with Crippen molar-refractivity contribution in [2.45, 2.75) is 52.3 Å². The van der Waals surface area contributed by atoms with E-state index in [-0.39, 0.29) is 17.7 Å². The Bertz CT molecular complexity index is 1060. The summed E-state index contributed by atoms with van der Waals surface area (Å²) in [5.74, 6) is 1.15. The van der Waals surface area contributed by atoms with Crippen molar-refractivity contribution < 1.29 is 9.90 Å². The van der Waals surface area contributed by atoms with E-state index in [1.165, 1.54) is 16.8 Å². The molecule has 35 heavy (non-hydrogen) atoms. The molecule has 5 rings (SSSR count). The summed E-state index contributed by atoms with van der Waals surface area (Å²) in [6.45, 7) is 10.3. The summed E-state index contributed by atoms with van der Waals surface area (Å²) in [6.07, 6.45) is 2.42. The molecule has 188 valence electrons. The average Bonchev–Trinajstić information content (AvgIpc) is 3.66. The van der Waals surface area contributed by atoms with Crippen LogP contribution in [0, 0.1) is 24.7 Å². The van der Waals surface area contributed by atoms with E-state index in [1.807, 2.05) is 18.0 Å². The molecule has 2 N–H and O–H groups in total. The summed E-state index contributed by atoms with van der Waals surface area (Å²) in [5.41, 5.74) is 5.87. The number of aryl methyl sites for hydroxylation is 1. The van der Waals surface area contributed by atoms with Gasteiger partial charge in [-0.2, -0.15) is 0 Å². The summed E-state index contributed by atoms with van der Waals surface area (Å²) in [7, 11) is 1.93. The van der Waals surface area contributed by atoms with E-state index in [9.17, 15) is 9.90 Å². The predicted molar refractivity (Wildman–Crippen MR) is 143 cm³/mol. The first-order valence-electron chi connectivity index (χ1n) is 13.3. The van der Waals surface area contributed by atoms with Gasteiger partial charge in [-0.05, 0) is 67.5 Å². The van der Waals surface area contributed by atoms with Gasteiger partial charge in [0, 0.05) is 68.2 Å². The number of hydrogen-bond donors (Lipinski definition) is 2. The minimum atomic E-state index is -0.515. The number of fused-ring (bicyclic) bond motifs is 2. The van der Waals surface area contributed by atoms with Crippen LogP contribution in [-0.4, -0.2) is 55.4 Å². The first-order chi connectivity index (χ1) is 16.9. The second-order valence-corrected chi connectivity index (χ2v) is 10.6. The maximum absolute atomic E-state index is 12.9. The zero-order valence-corrected chi connectivity index (χ0v) is 21.6. The normalized spacial score (nSPS) is 25.2. The molecule has 1 saturated carbocycles. The zero-order chi connectivity index (χ0) is 24.7. The van der Waals surface area contributed by atoms with Gasteiger partial charge in [-0.25, -0.2) is 0 Å². The van der Waals surface area contributed by atoms with Gasteiger partial charge in [0.05, 0.1) is 0 Å². The molecule has 2 aliphatic heterocycles. The van der Waals surface area contributed by atoms with Gasteiger partial charge in [-0.15, -0.1) is 0 Å². The van der Waals surface area contributed by atoms with Crippen LogP contribution in [0.15, 0.2) is 42.5 Å². The second-order valence-electron chi connectivity index (χ2n) is 10.6. The summed E-state index contributed by atoms with van der Waals surface area (Å²) in [4.78, 5) is 19.9. The third-order valence-corrected chi connectivity index (χ3v) is 8.56. The number of carbonyl (C=O) groups is 1. The summed E-state index contributed by atoms with van der Waals surface area (Å²) in [5, 5.41) is 13.8. The van der Waals surface area contributed by atoms with E-state index in [4.69, 9.17) is 0 Å². The fourth-order valence-electron chi connectivity index (χ4n) is 6.32. The smallest absolute Gasteiger partial charge is 0.230 e. The average molecular weight is 477 g/mol. The highest BCUT2D eigenvalue weighted by Gasteiger charge is 2.54. The van der Waals surface area contributed by atoms with Crippen molar-refractivity contribution in [3.8, 4) is 0 Å². The van der Waals surface area contributed by atoms with Crippen molar-refractivity contribution in [3.63, 3.8) is 0 Å². The molecule has 1 saturated heterocycles. The van der Waals surface area contributed by atoms with E-state index >= 15 is 0 Å². The van der Waals surface area contributed by atoms with Gasteiger partial charge in [0.25, 0.3) is 0 Å². The Morgan fingerprint density at radius 1 is 1.03 bits per heavy atom. The molecule has 1 aliphatic carbocycles. The van der Waals surface area contributed by atoms with Crippen LogP contribution in [0.3, 0.4) is 0 Å². The fourth-order valence-corrected chi connectivity index (χ4v) is 6.32. The van der Waals surface area contributed by atoms with Crippen LogP contribution < -0.4 is 15.1 Å². The lowest BCUT2D eigenvalue weighted by atomic mass is 9.97. The van der Waals surface area contributed by atoms with Gasteiger partial charge in [0.1, 0.15) is 6.23 Å². The Morgan fingerprint density at radius 2 is 1.74 bits per heavy atom. The van der Waals surface area contributed by atoms with Gasteiger partial charge < -0.3 is 20.2 Å². The molecule has 0 bridgehead atoms. The number of amides is 1. The first-order valence-corrected chi connectivity index (χ1v) is 13.3. The number of hydrogen-bond acceptors (Lipinski definition) is 5. The Balaban J connectivity index is 1.27. The molecule has 4 atom stereocenters. The van der Waals surface area contributed by atoms with Crippen molar-refractivity contribution in [2.75, 3.05) is 48.3 Å². The maximum Gasteiger partial charge on any atom is 0.230 e. The maximum atomic E-state index is 12.9. The molecule has 2 fully saturated rings. The summed E-state index contributed by atoms with van der Waals surface area (Å²) >= 11 is 0. The topological polar surface area (TPSA) is 59.1 Å². The van der Waals surface area contributed by atoms with E-state index < -0.39 is 6.23 Å². The number of anilines is 3. The van der Waals surface area contributed by atoms with Crippen molar-refractivity contribution in [2.24, 2.45) is 17.8 Å². The second kappa shape index (κ2) is 9.82. The van der Waals surface area contributed by atoms with Crippen LogP contribution in [0.25, 0.3) is 0 Å². The Labute approximate surface area is 209 Å². The van der Waals surface area contributed by atoms with Crippen molar-refractivity contribution in [1.82, 2.24) is 4.90 Å². The Morgan fingerprint density at radius 3 is 2.43 bits per heavy atom. The molecule has 0 radical (unpaired) electrons. The molecule has 0 aromatic heterocycles. The number of nitrogens with zero attached hydrogens (tertiary/aromatic N) is 3. The van der Waals surface area contributed by atoms with Gasteiger partial charge in [0.15, 0.2) is 0 Å². The number of carbonyl (C=O) groups excluding carboxylic acids is 1. The Kier molecular flexibility index (Phi) is 6.78. The standard InChI is InChI=1S/C29H40N4O2/c1-5-20(6-2)28(34)30-21-11-12-25(19(3)17-21)32-13-15-33(16-14-32)27-22-9-7-8-10-26(22)31(4)29(35)24-18-23(24)27/h7-12,17,20,23-24,27-28,30,34H,5-6,13-16,18H2,1-4H3. The van der Waals surface area contributed by atoms with Gasteiger partial charge in [-0.3, -0.25) is 9.69 Å². The van der Waals surface area contributed by atoms with Crippen LogP contribution in [0.1, 0.15) is 50.3 Å². The van der Waals surface area contributed by atoms with Crippen molar-refractivity contribution in [3.05, 3.63) is 53.6 Å². The molecule has 2 heterocycles. The molecular formula is C29H40N4O2. The number of rotatable bonds is 7. The third kappa shape index (κ3) is 4.54. The minimum absolute atomic E-state index is 0.174.